The van der Waals surface area contributed by atoms with Gasteiger partial charge in [0.1, 0.15) is 0 Å². The Labute approximate surface area is 97.3 Å². The summed E-state index contributed by atoms with van der Waals surface area (Å²) < 4.78 is 0. The monoisotopic (exact) mass is 234 g/mol. The molecule has 0 unspecified atom stereocenters. The van der Waals surface area contributed by atoms with E-state index >= 15 is 0 Å². The number of rotatable bonds is 0. The Kier molecular flexibility index (Phi) is 3.40. The molecule has 1 aliphatic rings. The second kappa shape index (κ2) is 4.57. The second-order valence-corrected chi connectivity index (χ2v) is 3.26. The summed E-state index contributed by atoms with van der Waals surface area (Å²) in [6.07, 6.45) is 0. The van der Waals surface area contributed by atoms with E-state index in [-0.39, 0.29) is 21.8 Å². The number of Topliss-reactive ketones (excluding diaryl/α,β-unsaturated/α-hetero) is 2. The van der Waals surface area contributed by atoms with Gasteiger partial charge in [-0.1, -0.05) is 11.6 Å². The first-order valence-electron chi connectivity index (χ1n) is 4.17. The van der Waals surface area contributed by atoms with Crippen LogP contribution in [0.4, 0.5) is 0 Å². The van der Waals surface area contributed by atoms with Crippen LogP contribution >= 0.6 is 11.6 Å². The summed E-state index contributed by atoms with van der Waals surface area (Å²) in [4.78, 5) is 23.4. The van der Waals surface area contributed by atoms with Crippen LogP contribution in [-0.2, 0) is 9.59 Å². The molecule has 0 amide bonds. The van der Waals surface area contributed by atoms with Crippen molar-refractivity contribution in [2.75, 3.05) is 0 Å². The van der Waals surface area contributed by atoms with Crippen LogP contribution in [0.2, 0.25) is 0 Å². The number of halogens is 1. The molecule has 0 spiro atoms. The second-order valence-electron chi connectivity index (χ2n) is 2.89. The molecule has 0 fully saturated rings. The zero-order chi connectivity index (χ0) is 12.3. The van der Waals surface area contributed by atoms with Crippen molar-refractivity contribution in [1.82, 2.24) is 0 Å². The predicted octanol–water partition coefficient (Wildman–Crippen LogP) is -0.213. The lowest BCUT2D eigenvalue weighted by Crippen LogP contribution is -2.20. The van der Waals surface area contributed by atoms with E-state index in [1.165, 1.54) is 6.92 Å². The lowest BCUT2D eigenvalue weighted by molar-refractivity contribution is -0.115. The Hall–Kier alpha value is -2.17. The normalized spacial score (nSPS) is 15.4. The average molecular weight is 235 g/mol. The van der Waals surface area contributed by atoms with Crippen molar-refractivity contribution in [3.8, 4) is 23.9 Å². The highest BCUT2D eigenvalue weighted by Gasteiger charge is 2.30. The Balaban J connectivity index is 3.53. The van der Waals surface area contributed by atoms with Gasteiger partial charge >= 0.3 is 0 Å². The molecule has 0 heterocycles. The highest BCUT2D eigenvalue weighted by Crippen LogP contribution is 2.26. The zero-order valence-electron chi connectivity index (χ0n) is 8.35. The first kappa shape index (κ1) is 11.9. The summed E-state index contributed by atoms with van der Waals surface area (Å²) in [6, 6.07) is 4.10. The van der Waals surface area contributed by atoms with Crippen LogP contribution in [0.25, 0.3) is 0 Å². The van der Waals surface area contributed by atoms with Gasteiger partial charge in [-0.05, 0) is 18.8 Å². The first-order chi connectivity index (χ1) is 7.54. The van der Waals surface area contributed by atoms with Crippen LogP contribution in [0.5, 0.6) is 0 Å². The lowest BCUT2D eigenvalue weighted by atomic mass is 9.90. The molecule has 4 nitrogen and oxygen atoms in total. The Morgan fingerprint density at radius 2 is 1.44 bits per heavy atom. The number of carbonyl (C=O) groups excluding carboxylic acids is 2. The summed E-state index contributed by atoms with van der Waals surface area (Å²) >= 11 is 5.70. The van der Waals surface area contributed by atoms with Crippen molar-refractivity contribution >= 4 is 23.2 Å². The smallest absolute Gasteiger partial charge is 0.214 e. The standard InChI is InChI=1S/C11H7ClN2O2/c1-6-9(12)11(16)8(3-5-14)7(2-4-13)10(6)15/h13-14H2,1H3. The third-order valence-electron chi connectivity index (χ3n) is 1.97. The molecule has 0 saturated heterocycles. The van der Waals surface area contributed by atoms with Gasteiger partial charge in [0.2, 0.25) is 5.78 Å². The summed E-state index contributed by atoms with van der Waals surface area (Å²) in [7, 11) is 0. The number of ketones is 2. The fraction of sp³-hybridized carbons (Fsp3) is 0.0909. The average Bonchev–Trinajstić information content (AvgIpc) is 2.28. The Bertz CT molecular complexity index is 512. The molecular formula is C11H7ClN2O2. The highest BCUT2D eigenvalue weighted by atomic mass is 35.5. The molecule has 1 aliphatic carbocycles. The zero-order valence-corrected chi connectivity index (χ0v) is 9.11. The van der Waals surface area contributed by atoms with Crippen LogP contribution in [0.15, 0.2) is 21.8 Å². The van der Waals surface area contributed by atoms with E-state index in [0.717, 1.165) is 0 Å². The Morgan fingerprint density at radius 1 is 1.00 bits per heavy atom. The van der Waals surface area contributed by atoms with Gasteiger partial charge < -0.3 is 11.5 Å². The quantitative estimate of drug-likeness (QED) is 0.345. The number of carbonyl (C=O) groups is 2. The maximum atomic E-state index is 11.7. The van der Waals surface area contributed by atoms with Crippen molar-refractivity contribution in [3.63, 3.8) is 0 Å². The number of allylic oxidation sites excluding steroid dienone is 4. The van der Waals surface area contributed by atoms with E-state index in [1.807, 2.05) is 6.04 Å². The maximum absolute atomic E-state index is 11.7. The molecule has 0 radical (unpaired) electrons. The molecule has 0 aliphatic heterocycles. The highest BCUT2D eigenvalue weighted by molar-refractivity contribution is 6.50. The van der Waals surface area contributed by atoms with Gasteiger partial charge in [-0.3, -0.25) is 9.59 Å². The molecule has 80 valence electrons. The third-order valence-corrected chi connectivity index (χ3v) is 2.42. The largest absolute Gasteiger partial charge is 0.359 e. The van der Waals surface area contributed by atoms with Gasteiger partial charge in [0.15, 0.2) is 5.78 Å². The van der Waals surface area contributed by atoms with Gasteiger partial charge in [-0.25, -0.2) is 0 Å². The third kappa shape index (κ3) is 1.79. The number of hydrogen-bond acceptors (Lipinski definition) is 4. The number of hydrogen-bond donors (Lipinski definition) is 2. The molecule has 0 bridgehead atoms. The molecule has 0 aromatic heterocycles. The SMILES string of the molecule is CC1=C(Cl)C(=O)C(C#CN)=C(C#CN)C1=O. The van der Waals surface area contributed by atoms with Crippen LogP contribution < -0.4 is 11.5 Å². The van der Waals surface area contributed by atoms with E-state index in [1.54, 1.807) is 0 Å². The summed E-state index contributed by atoms with van der Waals surface area (Å²) in [5.74, 6) is 3.63. The van der Waals surface area contributed by atoms with E-state index in [2.05, 4.69) is 17.9 Å². The molecule has 16 heavy (non-hydrogen) atoms. The molecule has 0 atom stereocenters. The number of nitrogens with two attached hydrogens (primary N) is 2. The van der Waals surface area contributed by atoms with Crippen molar-refractivity contribution in [1.29, 1.82) is 0 Å². The van der Waals surface area contributed by atoms with Crippen molar-refractivity contribution in [2.24, 2.45) is 11.5 Å². The van der Waals surface area contributed by atoms with E-state index < -0.39 is 11.6 Å². The van der Waals surface area contributed by atoms with Gasteiger partial charge in [0, 0.05) is 17.7 Å². The fourth-order valence-electron chi connectivity index (χ4n) is 1.18. The van der Waals surface area contributed by atoms with Crippen LogP contribution in [-0.4, -0.2) is 11.6 Å². The molecule has 4 N–H and O–H groups in total. The summed E-state index contributed by atoms with van der Waals surface area (Å²) in [6.45, 7) is 1.44. The molecule has 5 heteroatoms. The predicted molar refractivity (Wildman–Crippen MR) is 59.5 cm³/mol. The Morgan fingerprint density at radius 3 is 1.88 bits per heavy atom. The molecule has 1 rings (SSSR count). The van der Waals surface area contributed by atoms with Gasteiger partial charge in [-0.15, -0.1) is 0 Å². The van der Waals surface area contributed by atoms with E-state index in [4.69, 9.17) is 23.1 Å². The minimum atomic E-state index is -0.561. The topological polar surface area (TPSA) is 86.2 Å². The summed E-state index contributed by atoms with van der Waals surface area (Å²) in [5, 5.41) is -0.162. The first-order valence-corrected chi connectivity index (χ1v) is 4.55. The molecule has 0 aromatic carbocycles. The minimum Gasteiger partial charge on any atom is -0.359 e. The lowest BCUT2D eigenvalue weighted by Gasteiger charge is -2.12. The van der Waals surface area contributed by atoms with Crippen molar-refractivity contribution in [3.05, 3.63) is 21.8 Å². The van der Waals surface area contributed by atoms with E-state index in [9.17, 15) is 9.59 Å². The van der Waals surface area contributed by atoms with E-state index in [0.29, 0.717) is 0 Å². The molecule has 0 aromatic rings. The van der Waals surface area contributed by atoms with Crippen molar-refractivity contribution in [2.45, 2.75) is 6.92 Å². The van der Waals surface area contributed by atoms with Crippen LogP contribution in [0.3, 0.4) is 0 Å². The maximum Gasteiger partial charge on any atom is 0.214 e. The van der Waals surface area contributed by atoms with Gasteiger partial charge in [0.05, 0.1) is 16.2 Å². The van der Waals surface area contributed by atoms with Crippen molar-refractivity contribution < 1.29 is 9.59 Å². The summed E-state index contributed by atoms with van der Waals surface area (Å²) in [5.41, 5.74) is 9.99. The van der Waals surface area contributed by atoms with Gasteiger partial charge in [0.25, 0.3) is 0 Å². The minimum absolute atomic E-state index is 0.0626. The molecular weight excluding hydrogens is 228 g/mol. The van der Waals surface area contributed by atoms with Gasteiger partial charge in [-0.2, -0.15) is 0 Å². The van der Waals surface area contributed by atoms with Crippen LogP contribution in [0, 0.1) is 23.9 Å². The molecule has 0 saturated carbocycles. The van der Waals surface area contributed by atoms with Crippen LogP contribution in [0.1, 0.15) is 6.92 Å². The fourth-order valence-corrected chi connectivity index (χ4v) is 1.36.